The molecule has 1 aromatic heterocycles. The van der Waals surface area contributed by atoms with Crippen LogP contribution in [-0.4, -0.2) is 36.6 Å². The van der Waals surface area contributed by atoms with Crippen molar-refractivity contribution in [2.75, 3.05) is 13.1 Å². The minimum atomic E-state index is -3.57. The summed E-state index contributed by atoms with van der Waals surface area (Å²) in [6, 6.07) is 1.72. The average Bonchev–Trinajstić information content (AvgIpc) is 2.81. The van der Waals surface area contributed by atoms with Gasteiger partial charge in [0.2, 0.25) is 0 Å². The first-order valence-corrected chi connectivity index (χ1v) is 7.64. The predicted octanol–water partition coefficient (Wildman–Crippen LogP) is 1.33. The highest BCUT2D eigenvalue weighted by atomic mass is 32.2. The Morgan fingerprint density at radius 1 is 1.29 bits per heavy atom. The molecule has 0 spiro atoms. The van der Waals surface area contributed by atoms with Gasteiger partial charge < -0.3 is 4.90 Å². The van der Waals surface area contributed by atoms with E-state index in [1.54, 1.807) is 12.3 Å². The highest BCUT2D eigenvalue weighted by Gasteiger charge is 2.29. The van der Waals surface area contributed by atoms with Crippen molar-refractivity contribution in [1.82, 2.24) is 9.88 Å². The summed E-state index contributed by atoms with van der Waals surface area (Å²) < 4.78 is 27.8. The van der Waals surface area contributed by atoms with Crippen LogP contribution in [0.25, 0.3) is 0 Å². The molecule has 1 saturated heterocycles. The SMILES string of the molecule is O=S1(=O)N=C(N2CCCC2)Sc2ccncc21. The maximum atomic E-state index is 12.0. The van der Waals surface area contributed by atoms with Gasteiger partial charge in [-0.3, -0.25) is 4.98 Å². The van der Waals surface area contributed by atoms with E-state index in [-0.39, 0.29) is 4.90 Å². The monoisotopic (exact) mass is 269 g/mol. The number of pyridine rings is 1. The topological polar surface area (TPSA) is 62.6 Å². The number of sulfonamides is 1. The first kappa shape index (κ1) is 11.0. The molecule has 3 rings (SSSR count). The van der Waals surface area contributed by atoms with Crippen LogP contribution in [-0.2, 0) is 10.0 Å². The van der Waals surface area contributed by atoms with Crippen molar-refractivity contribution in [2.45, 2.75) is 22.6 Å². The summed E-state index contributed by atoms with van der Waals surface area (Å²) in [5.74, 6) is 0. The first-order valence-electron chi connectivity index (χ1n) is 5.39. The fraction of sp³-hybridized carbons (Fsp3) is 0.400. The molecule has 90 valence electrons. The van der Waals surface area contributed by atoms with Crippen molar-refractivity contribution in [2.24, 2.45) is 4.40 Å². The molecule has 0 N–H and O–H groups in total. The second-order valence-corrected chi connectivity index (χ2v) is 6.55. The predicted molar refractivity (Wildman–Crippen MR) is 65.5 cm³/mol. The summed E-state index contributed by atoms with van der Waals surface area (Å²) >= 11 is 1.41. The van der Waals surface area contributed by atoms with Crippen LogP contribution >= 0.6 is 11.8 Å². The van der Waals surface area contributed by atoms with E-state index in [4.69, 9.17) is 0 Å². The Kier molecular flexibility index (Phi) is 2.59. The van der Waals surface area contributed by atoms with E-state index in [0.29, 0.717) is 5.17 Å². The zero-order valence-electron chi connectivity index (χ0n) is 9.04. The summed E-state index contributed by atoms with van der Waals surface area (Å²) in [6.07, 6.45) is 5.17. The van der Waals surface area contributed by atoms with Gasteiger partial charge in [0.15, 0.2) is 5.17 Å². The van der Waals surface area contributed by atoms with Gasteiger partial charge in [0.25, 0.3) is 10.0 Å². The third-order valence-electron chi connectivity index (χ3n) is 2.80. The molecule has 0 radical (unpaired) electrons. The van der Waals surface area contributed by atoms with Crippen molar-refractivity contribution in [3.05, 3.63) is 18.5 Å². The number of nitrogens with zero attached hydrogens (tertiary/aromatic N) is 3. The maximum Gasteiger partial charge on any atom is 0.287 e. The normalized spacial score (nSPS) is 22.1. The van der Waals surface area contributed by atoms with Crippen LogP contribution in [0.1, 0.15) is 12.8 Å². The lowest BCUT2D eigenvalue weighted by atomic mass is 10.4. The highest BCUT2D eigenvalue weighted by molar-refractivity contribution is 8.15. The number of likely N-dealkylation sites (tertiary alicyclic amines) is 1. The number of hydrogen-bond acceptors (Lipinski definition) is 5. The van der Waals surface area contributed by atoms with Crippen LogP contribution in [0, 0.1) is 0 Å². The Morgan fingerprint density at radius 3 is 2.82 bits per heavy atom. The van der Waals surface area contributed by atoms with Crippen LogP contribution in [0.4, 0.5) is 0 Å². The molecule has 0 aromatic carbocycles. The fourth-order valence-electron chi connectivity index (χ4n) is 1.94. The average molecular weight is 269 g/mol. The van der Waals surface area contributed by atoms with Gasteiger partial charge in [-0.25, -0.2) is 0 Å². The molecule has 0 bridgehead atoms. The molecule has 0 amide bonds. The van der Waals surface area contributed by atoms with Gasteiger partial charge in [-0.1, -0.05) is 0 Å². The fourth-order valence-corrected chi connectivity index (χ4v) is 4.56. The number of amidine groups is 1. The van der Waals surface area contributed by atoms with Crippen molar-refractivity contribution < 1.29 is 8.42 Å². The molecule has 0 atom stereocenters. The highest BCUT2D eigenvalue weighted by Crippen LogP contribution is 2.35. The van der Waals surface area contributed by atoms with Crippen LogP contribution in [0.3, 0.4) is 0 Å². The molecule has 0 unspecified atom stereocenters. The Morgan fingerprint density at radius 2 is 2.06 bits per heavy atom. The lowest BCUT2D eigenvalue weighted by Crippen LogP contribution is -2.28. The van der Waals surface area contributed by atoms with E-state index >= 15 is 0 Å². The zero-order valence-corrected chi connectivity index (χ0v) is 10.7. The Hall–Kier alpha value is -1.08. The summed E-state index contributed by atoms with van der Waals surface area (Å²) in [5, 5.41) is 0.598. The second-order valence-electron chi connectivity index (χ2n) is 3.97. The molecule has 1 aromatic rings. The summed E-state index contributed by atoms with van der Waals surface area (Å²) in [4.78, 5) is 6.81. The van der Waals surface area contributed by atoms with Crippen LogP contribution in [0.15, 0.2) is 32.6 Å². The molecular formula is C10H11N3O2S2. The number of rotatable bonds is 0. The van der Waals surface area contributed by atoms with E-state index in [0.717, 1.165) is 30.8 Å². The summed E-state index contributed by atoms with van der Waals surface area (Å²) in [7, 11) is -3.57. The molecule has 5 nitrogen and oxygen atoms in total. The number of fused-ring (bicyclic) bond motifs is 1. The van der Waals surface area contributed by atoms with E-state index in [1.807, 2.05) is 4.90 Å². The third-order valence-corrected chi connectivity index (χ3v) is 5.45. The zero-order chi connectivity index (χ0) is 11.9. The van der Waals surface area contributed by atoms with Crippen molar-refractivity contribution in [1.29, 1.82) is 0 Å². The smallest absolute Gasteiger partial charge is 0.287 e. The third kappa shape index (κ3) is 1.93. The van der Waals surface area contributed by atoms with Gasteiger partial charge in [-0.15, -0.1) is 4.40 Å². The molecule has 7 heteroatoms. The van der Waals surface area contributed by atoms with Gasteiger partial charge in [0.1, 0.15) is 4.90 Å². The van der Waals surface area contributed by atoms with Gasteiger partial charge in [-0.05, 0) is 30.7 Å². The van der Waals surface area contributed by atoms with E-state index in [9.17, 15) is 8.42 Å². The molecule has 2 aliphatic rings. The van der Waals surface area contributed by atoms with Crippen LogP contribution < -0.4 is 0 Å². The molecule has 3 heterocycles. The molecule has 0 aliphatic carbocycles. The lowest BCUT2D eigenvalue weighted by Gasteiger charge is -2.22. The minimum absolute atomic E-state index is 0.216. The van der Waals surface area contributed by atoms with Crippen molar-refractivity contribution >= 4 is 27.0 Å². The lowest BCUT2D eigenvalue weighted by molar-refractivity contribution is 0.528. The molecule has 2 aliphatic heterocycles. The van der Waals surface area contributed by atoms with Crippen molar-refractivity contribution in [3.63, 3.8) is 0 Å². The summed E-state index contributed by atoms with van der Waals surface area (Å²) in [5.41, 5.74) is 0. The molecule has 1 fully saturated rings. The van der Waals surface area contributed by atoms with E-state index < -0.39 is 10.0 Å². The Bertz CT molecular complexity index is 577. The van der Waals surface area contributed by atoms with Gasteiger partial charge in [0.05, 0.1) is 0 Å². The molecule has 0 saturated carbocycles. The quantitative estimate of drug-likeness (QED) is 0.711. The molecular weight excluding hydrogens is 258 g/mol. The van der Waals surface area contributed by atoms with Crippen molar-refractivity contribution in [3.8, 4) is 0 Å². The maximum absolute atomic E-state index is 12.0. The first-order chi connectivity index (χ1) is 8.17. The van der Waals surface area contributed by atoms with Gasteiger partial charge in [-0.2, -0.15) is 8.42 Å². The number of hydrogen-bond donors (Lipinski definition) is 0. The van der Waals surface area contributed by atoms with Gasteiger partial charge >= 0.3 is 0 Å². The Labute approximate surface area is 104 Å². The standard InChI is InChI=1S/C10H11N3O2S2/c14-17(15)9-7-11-4-3-8(9)16-10(12-17)13-5-1-2-6-13/h3-4,7H,1-2,5-6H2. The molecule has 17 heavy (non-hydrogen) atoms. The van der Waals surface area contributed by atoms with Crippen LogP contribution in [0.5, 0.6) is 0 Å². The van der Waals surface area contributed by atoms with Crippen LogP contribution in [0.2, 0.25) is 0 Å². The number of thioether (sulfide) groups is 1. The minimum Gasteiger partial charge on any atom is -0.350 e. The Balaban J connectivity index is 2.04. The van der Waals surface area contributed by atoms with E-state index in [1.165, 1.54) is 18.0 Å². The largest absolute Gasteiger partial charge is 0.350 e. The second kappa shape index (κ2) is 3.99. The van der Waals surface area contributed by atoms with Gasteiger partial charge in [0, 0.05) is 30.4 Å². The number of aromatic nitrogens is 1. The van der Waals surface area contributed by atoms with E-state index in [2.05, 4.69) is 9.38 Å². The summed E-state index contributed by atoms with van der Waals surface area (Å²) in [6.45, 7) is 1.78.